The highest BCUT2D eigenvalue weighted by molar-refractivity contribution is 7.13. The molecular formula is C12H14N2S. The van der Waals surface area contributed by atoms with Gasteiger partial charge in [-0.2, -0.15) is 0 Å². The van der Waals surface area contributed by atoms with Crippen molar-refractivity contribution in [3.8, 4) is 0 Å². The number of hydrogen-bond acceptors (Lipinski definition) is 3. The van der Waals surface area contributed by atoms with Crippen molar-refractivity contribution in [3.05, 3.63) is 41.4 Å². The summed E-state index contributed by atoms with van der Waals surface area (Å²) >= 11 is 1.69. The van der Waals surface area contributed by atoms with Crippen LogP contribution in [-0.2, 0) is 6.42 Å². The number of hydrogen-bond donors (Lipinski definition) is 0. The average molecular weight is 218 g/mol. The molecule has 1 aromatic heterocycles. The molecule has 0 fully saturated rings. The van der Waals surface area contributed by atoms with Crippen molar-refractivity contribution in [2.75, 3.05) is 11.9 Å². The third kappa shape index (κ3) is 2.18. The minimum absolute atomic E-state index is 0.999. The third-order valence-corrected chi connectivity index (χ3v) is 3.30. The summed E-state index contributed by atoms with van der Waals surface area (Å²) in [6.45, 7) is 2.13. The molecule has 0 radical (unpaired) electrons. The van der Waals surface area contributed by atoms with E-state index in [0.29, 0.717) is 0 Å². The first-order chi connectivity index (χ1) is 7.31. The Morgan fingerprint density at radius 3 is 2.60 bits per heavy atom. The van der Waals surface area contributed by atoms with Gasteiger partial charge in [-0.05, 0) is 18.6 Å². The van der Waals surface area contributed by atoms with Gasteiger partial charge in [0.05, 0.1) is 5.69 Å². The number of aryl methyl sites for hydroxylation is 1. The molecule has 0 atom stereocenters. The fourth-order valence-electron chi connectivity index (χ4n) is 1.37. The molecule has 0 aliphatic rings. The zero-order chi connectivity index (χ0) is 10.7. The van der Waals surface area contributed by atoms with Gasteiger partial charge in [-0.3, -0.25) is 0 Å². The predicted molar refractivity (Wildman–Crippen MR) is 66.0 cm³/mol. The first-order valence-electron chi connectivity index (χ1n) is 5.04. The van der Waals surface area contributed by atoms with Crippen LogP contribution < -0.4 is 4.90 Å². The van der Waals surface area contributed by atoms with E-state index in [4.69, 9.17) is 0 Å². The average Bonchev–Trinajstić information content (AvgIpc) is 2.78. The van der Waals surface area contributed by atoms with Crippen LogP contribution in [0.4, 0.5) is 10.8 Å². The van der Waals surface area contributed by atoms with Gasteiger partial charge in [-0.15, -0.1) is 11.3 Å². The molecule has 0 saturated carbocycles. The molecule has 0 unspecified atom stereocenters. The second kappa shape index (κ2) is 4.45. The molecular weight excluding hydrogens is 204 g/mol. The Kier molecular flexibility index (Phi) is 3.02. The van der Waals surface area contributed by atoms with Gasteiger partial charge >= 0.3 is 0 Å². The monoisotopic (exact) mass is 218 g/mol. The summed E-state index contributed by atoms with van der Waals surface area (Å²) in [5.74, 6) is 0. The highest BCUT2D eigenvalue weighted by Gasteiger charge is 2.07. The van der Waals surface area contributed by atoms with Crippen LogP contribution >= 0.6 is 11.3 Å². The normalized spacial score (nSPS) is 10.3. The Labute approximate surface area is 94.2 Å². The predicted octanol–water partition coefficient (Wildman–Crippen LogP) is 3.47. The maximum absolute atomic E-state index is 4.55. The first kappa shape index (κ1) is 10.2. The van der Waals surface area contributed by atoms with Crippen LogP contribution in [0.3, 0.4) is 0 Å². The van der Waals surface area contributed by atoms with Gasteiger partial charge < -0.3 is 4.90 Å². The van der Waals surface area contributed by atoms with E-state index >= 15 is 0 Å². The molecule has 0 amide bonds. The number of rotatable bonds is 3. The summed E-state index contributed by atoms with van der Waals surface area (Å²) in [6, 6.07) is 10.3. The van der Waals surface area contributed by atoms with Gasteiger partial charge in [0.1, 0.15) is 0 Å². The van der Waals surface area contributed by atoms with Crippen molar-refractivity contribution in [2.45, 2.75) is 13.3 Å². The van der Waals surface area contributed by atoms with Crippen molar-refractivity contribution in [1.82, 2.24) is 4.98 Å². The molecule has 0 bridgehead atoms. The lowest BCUT2D eigenvalue weighted by atomic mass is 10.3. The first-order valence-corrected chi connectivity index (χ1v) is 5.92. The van der Waals surface area contributed by atoms with Gasteiger partial charge in [0, 0.05) is 18.1 Å². The van der Waals surface area contributed by atoms with Crippen LogP contribution in [0.1, 0.15) is 12.6 Å². The Hall–Kier alpha value is -1.35. The molecule has 1 aromatic carbocycles. The number of nitrogens with zero attached hydrogens (tertiary/aromatic N) is 2. The summed E-state index contributed by atoms with van der Waals surface area (Å²) in [6.07, 6.45) is 0.999. The van der Waals surface area contributed by atoms with Crippen molar-refractivity contribution in [3.63, 3.8) is 0 Å². The zero-order valence-corrected chi connectivity index (χ0v) is 9.79. The van der Waals surface area contributed by atoms with Crippen molar-refractivity contribution < 1.29 is 0 Å². The van der Waals surface area contributed by atoms with Crippen molar-refractivity contribution in [1.29, 1.82) is 0 Å². The van der Waals surface area contributed by atoms with E-state index in [1.165, 1.54) is 5.69 Å². The quantitative estimate of drug-likeness (QED) is 0.784. The molecule has 0 aliphatic heterocycles. The van der Waals surface area contributed by atoms with Crippen LogP contribution in [0.2, 0.25) is 0 Å². The van der Waals surface area contributed by atoms with E-state index in [0.717, 1.165) is 17.2 Å². The Balaban J connectivity index is 2.24. The lowest BCUT2D eigenvalue weighted by molar-refractivity contribution is 1.04. The minimum atomic E-state index is 0.999. The molecule has 0 spiro atoms. The van der Waals surface area contributed by atoms with Gasteiger partial charge in [-0.1, -0.05) is 25.1 Å². The van der Waals surface area contributed by atoms with E-state index in [2.05, 4.69) is 34.3 Å². The lowest BCUT2D eigenvalue weighted by Crippen LogP contribution is -2.08. The topological polar surface area (TPSA) is 16.1 Å². The molecule has 15 heavy (non-hydrogen) atoms. The van der Waals surface area contributed by atoms with Crippen molar-refractivity contribution in [2.24, 2.45) is 0 Å². The number of thiazole rings is 1. The summed E-state index contributed by atoms with van der Waals surface area (Å²) in [5, 5.41) is 3.17. The van der Waals surface area contributed by atoms with Gasteiger partial charge in [0.15, 0.2) is 5.13 Å². The van der Waals surface area contributed by atoms with Crippen LogP contribution in [0.5, 0.6) is 0 Å². The van der Waals surface area contributed by atoms with E-state index in [9.17, 15) is 0 Å². The Bertz CT molecular complexity index is 422. The molecule has 0 saturated heterocycles. The minimum Gasteiger partial charge on any atom is -0.321 e. The highest BCUT2D eigenvalue weighted by atomic mass is 32.1. The van der Waals surface area contributed by atoms with E-state index in [-0.39, 0.29) is 0 Å². The molecule has 3 heteroatoms. The summed E-state index contributed by atoms with van der Waals surface area (Å²) < 4.78 is 0. The molecule has 2 aromatic rings. The number of anilines is 2. The maximum atomic E-state index is 4.55. The summed E-state index contributed by atoms with van der Waals surface area (Å²) in [5.41, 5.74) is 2.34. The van der Waals surface area contributed by atoms with Gasteiger partial charge in [-0.25, -0.2) is 4.98 Å². The molecule has 0 aliphatic carbocycles. The second-order valence-electron chi connectivity index (χ2n) is 3.37. The fourth-order valence-corrected chi connectivity index (χ4v) is 2.27. The van der Waals surface area contributed by atoms with Gasteiger partial charge in [0.2, 0.25) is 0 Å². The Morgan fingerprint density at radius 1 is 1.27 bits per heavy atom. The fraction of sp³-hybridized carbons (Fsp3) is 0.250. The summed E-state index contributed by atoms with van der Waals surface area (Å²) in [7, 11) is 2.05. The zero-order valence-electron chi connectivity index (χ0n) is 8.97. The SMILES string of the molecule is CCc1csc(N(C)c2ccccc2)n1. The highest BCUT2D eigenvalue weighted by Crippen LogP contribution is 2.26. The molecule has 1 heterocycles. The van der Waals surface area contributed by atoms with Crippen LogP contribution in [0.15, 0.2) is 35.7 Å². The molecule has 2 nitrogen and oxygen atoms in total. The van der Waals surface area contributed by atoms with E-state index in [1.54, 1.807) is 11.3 Å². The summed E-state index contributed by atoms with van der Waals surface area (Å²) in [4.78, 5) is 6.66. The van der Waals surface area contributed by atoms with E-state index < -0.39 is 0 Å². The largest absolute Gasteiger partial charge is 0.321 e. The van der Waals surface area contributed by atoms with Gasteiger partial charge in [0.25, 0.3) is 0 Å². The smallest absolute Gasteiger partial charge is 0.189 e. The van der Waals surface area contributed by atoms with Crippen LogP contribution in [0, 0.1) is 0 Å². The lowest BCUT2D eigenvalue weighted by Gasteiger charge is -2.15. The third-order valence-electron chi connectivity index (χ3n) is 2.33. The molecule has 0 N–H and O–H groups in total. The van der Waals surface area contributed by atoms with Crippen LogP contribution in [0.25, 0.3) is 0 Å². The number of benzene rings is 1. The van der Waals surface area contributed by atoms with Crippen LogP contribution in [-0.4, -0.2) is 12.0 Å². The Morgan fingerprint density at radius 2 is 2.00 bits per heavy atom. The van der Waals surface area contributed by atoms with E-state index in [1.807, 2.05) is 25.2 Å². The number of para-hydroxylation sites is 1. The molecule has 78 valence electrons. The van der Waals surface area contributed by atoms with Crippen molar-refractivity contribution >= 4 is 22.2 Å². The number of aromatic nitrogens is 1. The standard InChI is InChI=1S/C12H14N2S/c1-3-10-9-15-12(13-10)14(2)11-7-5-4-6-8-11/h4-9H,3H2,1-2H3. The molecule has 2 rings (SSSR count). The second-order valence-corrected chi connectivity index (χ2v) is 4.21. The maximum Gasteiger partial charge on any atom is 0.189 e.